The van der Waals surface area contributed by atoms with Gasteiger partial charge in [0, 0.05) is 12.2 Å². The lowest BCUT2D eigenvalue weighted by Gasteiger charge is -2.07. The molecule has 1 unspecified atom stereocenters. The van der Waals surface area contributed by atoms with Gasteiger partial charge in [-0.3, -0.25) is 4.98 Å². The molecule has 0 fully saturated rings. The van der Waals surface area contributed by atoms with Crippen molar-refractivity contribution in [1.82, 2.24) is 4.98 Å². The summed E-state index contributed by atoms with van der Waals surface area (Å²) in [5.74, 6) is 0.173. The minimum Gasteiger partial charge on any atom is -0.506 e. The predicted octanol–water partition coefficient (Wildman–Crippen LogP) is 1.20. The third-order valence-electron chi connectivity index (χ3n) is 1.61. The Kier molecular flexibility index (Phi) is 2.44. The van der Waals surface area contributed by atoms with Crippen molar-refractivity contribution in [3.05, 3.63) is 24.0 Å². The van der Waals surface area contributed by atoms with Crippen LogP contribution in [0.1, 0.15) is 24.9 Å². The van der Waals surface area contributed by atoms with Gasteiger partial charge in [0.15, 0.2) is 0 Å². The molecule has 1 atom stereocenters. The van der Waals surface area contributed by atoms with E-state index >= 15 is 0 Å². The molecule has 0 saturated heterocycles. The van der Waals surface area contributed by atoms with Gasteiger partial charge in [0.25, 0.3) is 0 Å². The molecular formula is C8H12N2O. The van der Waals surface area contributed by atoms with Crippen molar-refractivity contribution >= 4 is 0 Å². The van der Waals surface area contributed by atoms with E-state index in [9.17, 15) is 0 Å². The first-order valence-corrected chi connectivity index (χ1v) is 3.63. The van der Waals surface area contributed by atoms with E-state index in [0.717, 1.165) is 12.0 Å². The average Bonchev–Trinajstić information content (AvgIpc) is 2.03. The molecular weight excluding hydrogens is 140 g/mol. The van der Waals surface area contributed by atoms with Gasteiger partial charge in [0.1, 0.15) is 5.75 Å². The number of hydrogen-bond donors (Lipinski definition) is 2. The Morgan fingerprint density at radius 2 is 2.36 bits per heavy atom. The first-order valence-electron chi connectivity index (χ1n) is 3.63. The van der Waals surface area contributed by atoms with Gasteiger partial charge in [-0.25, -0.2) is 0 Å². The van der Waals surface area contributed by atoms with Crippen LogP contribution in [0.5, 0.6) is 5.75 Å². The Hall–Kier alpha value is -1.09. The first-order chi connectivity index (χ1) is 5.24. The van der Waals surface area contributed by atoms with Gasteiger partial charge >= 0.3 is 0 Å². The Morgan fingerprint density at radius 1 is 1.64 bits per heavy atom. The van der Waals surface area contributed by atoms with Crippen LogP contribution >= 0.6 is 0 Å². The van der Waals surface area contributed by atoms with E-state index in [1.54, 1.807) is 12.3 Å². The Balaban J connectivity index is 2.86. The third kappa shape index (κ3) is 1.91. The van der Waals surface area contributed by atoms with Crippen molar-refractivity contribution in [1.29, 1.82) is 0 Å². The molecule has 1 aromatic heterocycles. The van der Waals surface area contributed by atoms with Gasteiger partial charge in [-0.1, -0.05) is 6.92 Å². The van der Waals surface area contributed by atoms with Crippen molar-refractivity contribution < 1.29 is 5.11 Å². The Labute approximate surface area is 65.9 Å². The molecule has 0 saturated carbocycles. The van der Waals surface area contributed by atoms with E-state index in [-0.39, 0.29) is 11.8 Å². The number of aromatic nitrogens is 1. The highest BCUT2D eigenvalue weighted by Gasteiger charge is 2.02. The first kappa shape index (κ1) is 8.01. The summed E-state index contributed by atoms with van der Waals surface area (Å²) in [5.41, 5.74) is 6.59. The molecule has 0 radical (unpaired) electrons. The fourth-order valence-corrected chi connectivity index (χ4v) is 0.883. The molecule has 3 nitrogen and oxygen atoms in total. The molecule has 60 valence electrons. The third-order valence-corrected chi connectivity index (χ3v) is 1.61. The van der Waals surface area contributed by atoms with E-state index in [1.807, 2.05) is 6.92 Å². The molecule has 1 aromatic rings. The van der Waals surface area contributed by atoms with Crippen LogP contribution in [-0.4, -0.2) is 10.1 Å². The normalized spacial score (nSPS) is 12.9. The van der Waals surface area contributed by atoms with Crippen LogP contribution in [0.15, 0.2) is 18.5 Å². The van der Waals surface area contributed by atoms with Crippen LogP contribution in [0.4, 0.5) is 0 Å². The molecule has 0 amide bonds. The van der Waals surface area contributed by atoms with E-state index in [1.165, 1.54) is 6.20 Å². The Morgan fingerprint density at radius 3 is 2.91 bits per heavy atom. The second-order valence-corrected chi connectivity index (χ2v) is 2.49. The van der Waals surface area contributed by atoms with Gasteiger partial charge in [0.2, 0.25) is 0 Å². The minimum atomic E-state index is -0.0189. The zero-order valence-corrected chi connectivity index (χ0v) is 6.49. The number of rotatable bonds is 2. The van der Waals surface area contributed by atoms with Gasteiger partial charge < -0.3 is 10.8 Å². The van der Waals surface area contributed by atoms with Gasteiger partial charge in [0.05, 0.1) is 6.20 Å². The monoisotopic (exact) mass is 152 g/mol. The maximum atomic E-state index is 9.04. The topological polar surface area (TPSA) is 59.1 Å². The summed E-state index contributed by atoms with van der Waals surface area (Å²) in [5, 5.41) is 9.04. The van der Waals surface area contributed by atoms with Crippen LogP contribution in [0, 0.1) is 0 Å². The van der Waals surface area contributed by atoms with E-state index in [2.05, 4.69) is 4.98 Å². The summed E-state index contributed by atoms with van der Waals surface area (Å²) >= 11 is 0. The number of pyridine rings is 1. The van der Waals surface area contributed by atoms with Crippen molar-refractivity contribution in [2.24, 2.45) is 5.73 Å². The van der Waals surface area contributed by atoms with Crippen LogP contribution < -0.4 is 5.73 Å². The lowest BCUT2D eigenvalue weighted by molar-refractivity contribution is 0.470. The number of nitrogens with zero attached hydrogens (tertiary/aromatic N) is 1. The summed E-state index contributed by atoms with van der Waals surface area (Å²) in [6.45, 7) is 1.99. The average molecular weight is 152 g/mol. The maximum absolute atomic E-state index is 9.04. The minimum absolute atomic E-state index is 0.0189. The molecule has 0 aliphatic heterocycles. The molecule has 0 aliphatic rings. The second kappa shape index (κ2) is 3.34. The molecule has 0 aromatic carbocycles. The SMILES string of the molecule is CCC(N)c1cncc(O)c1. The highest BCUT2D eigenvalue weighted by atomic mass is 16.3. The van der Waals surface area contributed by atoms with Gasteiger partial charge in [-0.05, 0) is 18.1 Å². The molecule has 0 spiro atoms. The maximum Gasteiger partial charge on any atom is 0.134 e. The Bertz CT molecular complexity index is 237. The molecule has 3 N–H and O–H groups in total. The van der Waals surface area contributed by atoms with Crippen molar-refractivity contribution in [3.8, 4) is 5.75 Å². The summed E-state index contributed by atoms with van der Waals surface area (Å²) in [6, 6.07) is 1.62. The standard InChI is InChI=1S/C8H12N2O/c1-2-8(9)6-3-7(11)5-10-4-6/h3-5,8,11H,2,9H2,1H3. The molecule has 3 heteroatoms. The number of nitrogens with two attached hydrogens (primary N) is 1. The molecule has 1 rings (SSSR count). The highest BCUT2D eigenvalue weighted by molar-refractivity contribution is 5.24. The lowest BCUT2D eigenvalue weighted by Crippen LogP contribution is -2.08. The zero-order valence-electron chi connectivity index (χ0n) is 6.49. The van der Waals surface area contributed by atoms with Crippen molar-refractivity contribution in [3.63, 3.8) is 0 Å². The van der Waals surface area contributed by atoms with Gasteiger partial charge in [-0.15, -0.1) is 0 Å². The van der Waals surface area contributed by atoms with Crippen LogP contribution in [0.25, 0.3) is 0 Å². The zero-order chi connectivity index (χ0) is 8.27. The molecule has 11 heavy (non-hydrogen) atoms. The molecule has 0 aliphatic carbocycles. The smallest absolute Gasteiger partial charge is 0.134 e. The number of hydrogen-bond acceptors (Lipinski definition) is 3. The van der Waals surface area contributed by atoms with Gasteiger partial charge in [-0.2, -0.15) is 0 Å². The van der Waals surface area contributed by atoms with Crippen LogP contribution in [-0.2, 0) is 0 Å². The fraction of sp³-hybridized carbons (Fsp3) is 0.375. The summed E-state index contributed by atoms with van der Waals surface area (Å²) < 4.78 is 0. The summed E-state index contributed by atoms with van der Waals surface area (Å²) in [6.07, 6.45) is 3.92. The summed E-state index contributed by atoms with van der Waals surface area (Å²) in [7, 11) is 0. The van der Waals surface area contributed by atoms with Crippen molar-refractivity contribution in [2.75, 3.05) is 0 Å². The largest absolute Gasteiger partial charge is 0.506 e. The lowest BCUT2D eigenvalue weighted by atomic mass is 10.1. The molecule has 1 heterocycles. The predicted molar refractivity (Wildman–Crippen MR) is 43.1 cm³/mol. The van der Waals surface area contributed by atoms with E-state index in [4.69, 9.17) is 10.8 Å². The van der Waals surface area contributed by atoms with E-state index < -0.39 is 0 Å². The summed E-state index contributed by atoms with van der Waals surface area (Å²) in [4.78, 5) is 3.82. The second-order valence-electron chi connectivity index (χ2n) is 2.49. The fourth-order valence-electron chi connectivity index (χ4n) is 0.883. The van der Waals surface area contributed by atoms with Crippen molar-refractivity contribution in [2.45, 2.75) is 19.4 Å². The van der Waals surface area contributed by atoms with Crippen LogP contribution in [0.2, 0.25) is 0 Å². The quantitative estimate of drug-likeness (QED) is 0.669. The highest BCUT2D eigenvalue weighted by Crippen LogP contribution is 2.16. The number of aromatic hydroxyl groups is 1. The van der Waals surface area contributed by atoms with E-state index in [0.29, 0.717) is 0 Å². The molecule has 0 bridgehead atoms. The van der Waals surface area contributed by atoms with Crippen LogP contribution in [0.3, 0.4) is 0 Å².